The number of benzene rings is 3. The molecule has 3 aromatic carbocycles. The number of carbonyl (C=O) groups is 2. The van der Waals surface area contributed by atoms with Crippen molar-refractivity contribution in [1.29, 1.82) is 0 Å². The first-order valence-electron chi connectivity index (χ1n) is 9.21. The number of halogens is 3. The monoisotopic (exact) mass is 472 g/mol. The fourth-order valence-electron chi connectivity index (χ4n) is 3.03. The molecule has 8 heteroatoms. The second kappa shape index (κ2) is 9.02. The van der Waals surface area contributed by atoms with E-state index in [0.29, 0.717) is 32.1 Å². The lowest BCUT2D eigenvalue weighted by molar-refractivity contribution is -0.117. The SMILES string of the molecule is O=C1NN(c2ccccc2)C(=O)C1=Cc1cc(Cl)ccc1OCc1ccc(Cl)c(Cl)c1. The number of hydrogen-bond acceptors (Lipinski definition) is 3. The summed E-state index contributed by atoms with van der Waals surface area (Å²) in [5.41, 5.74) is 4.42. The number of hydrogen-bond donors (Lipinski definition) is 1. The molecule has 156 valence electrons. The standard InChI is InChI=1S/C23H15Cl3N2O3/c24-16-7-9-21(31-13-14-6-8-19(25)20(26)10-14)15(11-16)12-18-22(29)27-28(23(18)30)17-4-2-1-3-5-17/h1-12H,13H2,(H,27,29). The van der Waals surface area contributed by atoms with E-state index in [-0.39, 0.29) is 12.2 Å². The highest BCUT2D eigenvalue weighted by molar-refractivity contribution is 6.42. The van der Waals surface area contributed by atoms with Crippen molar-refractivity contribution in [2.75, 3.05) is 5.01 Å². The molecule has 1 aliphatic heterocycles. The number of rotatable bonds is 5. The zero-order valence-electron chi connectivity index (χ0n) is 15.9. The van der Waals surface area contributed by atoms with Crippen LogP contribution in [0.2, 0.25) is 15.1 Å². The van der Waals surface area contributed by atoms with E-state index < -0.39 is 11.8 Å². The molecular weight excluding hydrogens is 459 g/mol. The summed E-state index contributed by atoms with van der Waals surface area (Å²) in [6, 6.07) is 19.0. The number of nitrogens with zero attached hydrogens (tertiary/aromatic N) is 1. The van der Waals surface area contributed by atoms with Crippen molar-refractivity contribution < 1.29 is 14.3 Å². The maximum absolute atomic E-state index is 12.8. The molecule has 1 saturated heterocycles. The van der Waals surface area contributed by atoms with Crippen molar-refractivity contribution in [2.45, 2.75) is 6.61 Å². The van der Waals surface area contributed by atoms with Crippen LogP contribution in [0.1, 0.15) is 11.1 Å². The van der Waals surface area contributed by atoms with E-state index in [2.05, 4.69) is 5.43 Å². The molecule has 4 rings (SSSR count). The first-order valence-corrected chi connectivity index (χ1v) is 10.3. The number of carbonyl (C=O) groups excluding carboxylic acids is 2. The Kier molecular flexibility index (Phi) is 6.18. The topological polar surface area (TPSA) is 58.6 Å². The van der Waals surface area contributed by atoms with Crippen LogP contribution in [0.4, 0.5) is 5.69 Å². The largest absolute Gasteiger partial charge is 0.488 e. The molecule has 0 unspecified atom stereocenters. The number of ether oxygens (including phenoxy) is 1. The van der Waals surface area contributed by atoms with Gasteiger partial charge in [0.1, 0.15) is 17.9 Å². The normalized spacial score (nSPS) is 14.8. The average molecular weight is 474 g/mol. The van der Waals surface area contributed by atoms with Crippen LogP contribution >= 0.6 is 34.8 Å². The molecule has 1 fully saturated rings. The molecule has 31 heavy (non-hydrogen) atoms. The summed E-state index contributed by atoms with van der Waals surface area (Å²) < 4.78 is 5.90. The smallest absolute Gasteiger partial charge is 0.282 e. The quantitative estimate of drug-likeness (QED) is 0.383. The Hall–Kier alpha value is -2.99. The summed E-state index contributed by atoms with van der Waals surface area (Å²) in [5.74, 6) is -0.516. The van der Waals surface area contributed by atoms with E-state index in [1.54, 1.807) is 60.7 Å². The van der Waals surface area contributed by atoms with Crippen molar-refractivity contribution in [2.24, 2.45) is 0 Å². The van der Waals surface area contributed by atoms with Gasteiger partial charge in [-0.05, 0) is 54.1 Å². The second-order valence-corrected chi connectivity index (χ2v) is 7.95. The van der Waals surface area contributed by atoms with Crippen molar-refractivity contribution in [3.05, 3.63) is 98.5 Å². The van der Waals surface area contributed by atoms with Gasteiger partial charge in [-0.2, -0.15) is 0 Å². The maximum atomic E-state index is 12.8. The maximum Gasteiger partial charge on any atom is 0.282 e. The molecule has 5 nitrogen and oxygen atoms in total. The minimum atomic E-state index is -0.510. The lowest BCUT2D eigenvalue weighted by Gasteiger charge is -2.14. The van der Waals surface area contributed by atoms with E-state index in [1.165, 1.54) is 11.1 Å². The van der Waals surface area contributed by atoms with E-state index in [4.69, 9.17) is 39.5 Å². The number of anilines is 1. The molecule has 0 spiro atoms. The van der Waals surface area contributed by atoms with E-state index in [1.807, 2.05) is 6.07 Å². The van der Waals surface area contributed by atoms with Gasteiger partial charge in [-0.3, -0.25) is 15.0 Å². The summed E-state index contributed by atoms with van der Waals surface area (Å²) in [7, 11) is 0. The Bertz CT molecular complexity index is 1200. The van der Waals surface area contributed by atoms with Crippen molar-refractivity contribution in [1.82, 2.24) is 5.43 Å². The summed E-state index contributed by atoms with van der Waals surface area (Å²) in [4.78, 5) is 25.3. The molecule has 0 atom stereocenters. The molecule has 0 aliphatic carbocycles. The third-order valence-corrected chi connectivity index (χ3v) is 5.53. The van der Waals surface area contributed by atoms with Gasteiger partial charge in [0.05, 0.1) is 15.7 Å². The molecule has 0 aromatic heterocycles. The van der Waals surface area contributed by atoms with Gasteiger partial charge in [-0.25, -0.2) is 5.01 Å². The van der Waals surface area contributed by atoms with Gasteiger partial charge in [0.2, 0.25) is 0 Å². The molecule has 0 bridgehead atoms. The molecule has 2 amide bonds. The lowest BCUT2D eigenvalue weighted by atomic mass is 10.1. The van der Waals surface area contributed by atoms with Gasteiger partial charge in [0.15, 0.2) is 0 Å². The minimum absolute atomic E-state index is 0.0227. The Labute approximate surface area is 193 Å². The Balaban J connectivity index is 1.61. The Morgan fingerprint density at radius 2 is 1.68 bits per heavy atom. The van der Waals surface area contributed by atoms with Crippen molar-refractivity contribution in [3.63, 3.8) is 0 Å². The molecule has 0 radical (unpaired) electrons. The number of para-hydroxylation sites is 1. The van der Waals surface area contributed by atoms with E-state index >= 15 is 0 Å². The third-order valence-electron chi connectivity index (χ3n) is 4.56. The predicted molar refractivity (Wildman–Crippen MR) is 122 cm³/mol. The van der Waals surface area contributed by atoms with Crippen LogP contribution in [0.15, 0.2) is 72.3 Å². The van der Waals surface area contributed by atoms with E-state index in [0.717, 1.165) is 5.56 Å². The molecule has 0 saturated carbocycles. The highest BCUT2D eigenvalue weighted by atomic mass is 35.5. The second-order valence-electron chi connectivity index (χ2n) is 6.69. The van der Waals surface area contributed by atoms with Crippen LogP contribution in [0.5, 0.6) is 5.75 Å². The highest BCUT2D eigenvalue weighted by Gasteiger charge is 2.34. The lowest BCUT2D eigenvalue weighted by Crippen LogP contribution is -2.35. The van der Waals surface area contributed by atoms with Gasteiger partial charge in [0.25, 0.3) is 11.8 Å². The first kappa shape index (κ1) is 21.2. The van der Waals surface area contributed by atoms with Crippen LogP contribution < -0.4 is 15.2 Å². The minimum Gasteiger partial charge on any atom is -0.488 e. The third kappa shape index (κ3) is 4.69. The van der Waals surface area contributed by atoms with Crippen molar-refractivity contribution >= 4 is 58.4 Å². The molecule has 3 aromatic rings. The van der Waals surface area contributed by atoms with Crippen LogP contribution in [-0.4, -0.2) is 11.8 Å². The number of amides is 2. The van der Waals surface area contributed by atoms with Crippen LogP contribution in [0.25, 0.3) is 6.08 Å². The van der Waals surface area contributed by atoms with Crippen molar-refractivity contribution in [3.8, 4) is 5.75 Å². The zero-order valence-corrected chi connectivity index (χ0v) is 18.2. The molecule has 1 aliphatic rings. The van der Waals surface area contributed by atoms with Crippen LogP contribution in [-0.2, 0) is 16.2 Å². The average Bonchev–Trinajstić information content (AvgIpc) is 3.04. The predicted octanol–water partition coefficient (Wildman–Crippen LogP) is 5.69. The number of hydrazine groups is 1. The van der Waals surface area contributed by atoms with Gasteiger partial charge in [-0.1, -0.05) is 59.1 Å². The van der Waals surface area contributed by atoms with Crippen LogP contribution in [0, 0.1) is 0 Å². The fraction of sp³-hybridized carbons (Fsp3) is 0.0435. The molecule has 1 heterocycles. The molecular formula is C23H15Cl3N2O3. The summed E-state index contributed by atoms with van der Waals surface area (Å²) in [6.45, 7) is 0.213. The molecule has 1 N–H and O–H groups in total. The fourth-order valence-corrected chi connectivity index (χ4v) is 3.53. The number of nitrogens with one attached hydrogen (secondary N) is 1. The van der Waals surface area contributed by atoms with Gasteiger partial charge >= 0.3 is 0 Å². The summed E-state index contributed by atoms with van der Waals surface area (Å²) >= 11 is 18.1. The van der Waals surface area contributed by atoms with E-state index in [9.17, 15) is 9.59 Å². The zero-order chi connectivity index (χ0) is 22.0. The highest BCUT2D eigenvalue weighted by Crippen LogP contribution is 2.29. The summed E-state index contributed by atoms with van der Waals surface area (Å²) in [5, 5.41) is 2.53. The van der Waals surface area contributed by atoms with Gasteiger partial charge in [-0.15, -0.1) is 0 Å². The van der Waals surface area contributed by atoms with Gasteiger partial charge < -0.3 is 4.74 Å². The van der Waals surface area contributed by atoms with Gasteiger partial charge in [0, 0.05) is 10.6 Å². The van der Waals surface area contributed by atoms with Crippen LogP contribution in [0.3, 0.4) is 0 Å². The summed E-state index contributed by atoms with van der Waals surface area (Å²) in [6.07, 6.45) is 1.47. The Morgan fingerprint density at radius 3 is 2.42 bits per heavy atom. The Morgan fingerprint density at radius 1 is 0.903 bits per heavy atom. The first-order chi connectivity index (χ1) is 14.9.